The molecule has 2 heterocycles. The fourth-order valence-electron chi connectivity index (χ4n) is 1.10. The third-order valence-corrected chi connectivity index (χ3v) is 3.39. The maximum Gasteiger partial charge on any atom is 0.236 e. The zero-order valence-electron chi connectivity index (χ0n) is 9.37. The van der Waals surface area contributed by atoms with Crippen molar-refractivity contribution in [3.05, 3.63) is 22.8 Å². The number of hydrogen-bond donors (Lipinski definition) is 1. The quantitative estimate of drug-likeness (QED) is 0.846. The molecule has 0 aliphatic carbocycles. The van der Waals surface area contributed by atoms with E-state index < -0.39 is 0 Å². The molecule has 7 nitrogen and oxygen atoms in total. The fraction of sp³-hybridized carbons (Fsp3) is 0.222. The van der Waals surface area contributed by atoms with Crippen LogP contribution in [0.25, 0.3) is 0 Å². The van der Waals surface area contributed by atoms with Crippen LogP contribution in [0.1, 0.15) is 0 Å². The van der Waals surface area contributed by atoms with Crippen molar-refractivity contribution < 1.29 is 4.79 Å². The molecule has 1 N–H and O–H groups in total. The van der Waals surface area contributed by atoms with Crippen LogP contribution in [0, 0.1) is 0 Å². The molecule has 0 bridgehead atoms. The number of thioether (sulfide) groups is 1. The fourth-order valence-corrected chi connectivity index (χ4v) is 1.99. The molecule has 0 saturated heterocycles. The van der Waals surface area contributed by atoms with Crippen LogP contribution in [0.15, 0.2) is 28.0 Å². The van der Waals surface area contributed by atoms with Gasteiger partial charge in [-0.25, -0.2) is 9.67 Å². The van der Waals surface area contributed by atoms with Crippen molar-refractivity contribution in [2.24, 2.45) is 7.05 Å². The molecule has 0 aromatic carbocycles. The molecular weight excluding hydrogens is 320 g/mol. The first-order valence-corrected chi connectivity index (χ1v) is 6.69. The Morgan fingerprint density at radius 3 is 3.00 bits per heavy atom. The van der Waals surface area contributed by atoms with Crippen LogP contribution >= 0.6 is 27.7 Å². The number of carbonyl (C=O) groups excluding carboxylic acids is 1. The summed E-state index contributed by atoms with van der Waals surface area (Å²) in [5.74, 6) is 0.587. The Balaban J connectivity index is 1.86. The number of nitrogens with one attached hydrogen (secondary N) is 1. The molecule has 0 saturated carbocycles. The van der Waals surface area contributed by atoms with Crippen molar-refractivity contribution >= 4 is 39.4 Å². The Hall–Kier alpha value is -1.48. The standard InChI is InChI=1S/C9H9BrN6OS/c1-16-9(13-14-15-16)18-5-8(17)12-7-3-2-6(10)4-11-7/h2-4H,5H2,1H3,(H,11,12,17). The summed E-state index contributed by atoms with van der Waals surface area (Å²) in [6.45, 7) is 0. The Bertz CT molecular complexity index is 542. The molecule has 94 valence electrons. The van der Waals surface area contributed by atoms with Gasteiger partial charge in [-0.05, 0) is 38.5 Å². The van der Waals surface area contributed by atoms with Crippen molar-refractivity contribution in [3.8, 4) is 0 Å². The molecular formula is C9H9BrN6OS. The number of nitrogens with zero attached hydrogens (tertiary/aromatic N) is 5. The summed E-state index contributed by atoms with van der Waals surface area (Å²) in [5, 5.41) is 14.2. The first-order valence-electron chi connectivity index (χ1n) is 4.92. The highest BCUT2D eigenvalue weighted by molar-refractivity contribution is 9.10. The number of carbonyl (C=O) groups is 1. The predicted molar refractivity (Wildman–Crippen MR) is 70.1 cm³/mol. The topological polar surface area (TPSA) is 85.6 Å². The Labute approximate surface area is 115 Å². The van der Waals surface area contributed by atoms with E-state index in [9.17, 15) is 4.79 Å². The highest BCUT2D eigenvalue weighted by atomic mass is 79.9. The van der Waals surface area contributed by atoms with Crippen LogP contribution in [0.2, 0.25) is 0 Å². The van der Waals surface area contributed by atoms with Gasteiger partial charge in [-0.2, -0.15) is 0 Å². The van der Waals surface area contributed by atoms with Crippen molar-refractivity contribution in [2.75, 3.05) is 11.1 Å². The highest BCUT2D eigenvalue weighted by Crippen LogP contribution is 2.14. The molecule has 9 heteroatoms. The minimum absolute atomic E-state index is 0.155. The Morgan fingerprint density at radius 1 is 1.56 bits per heavy atom. The van der Waals surface area contributed by atoms with E-state index in [0.717, 1.165) is 4.47 Å². The van der Waals surface area contributed by atoms with Crippen LogP contribution in [0.5, 0.6) is 0 Å². The van der Waals surface area contributed by atoms with E-state index >= 15 is 0 Å². The van der Waals surface area contributed by atoms with Crippen molar-refractivity contribution in [1.29, 1.82) is 0 Å². The average Bonchev–Trinajstić information content (AvgIpc) is 2.75. The molecule has 2 rings (SSSR count). The van der Waals surface area contributed by atoms with E-state index in [1.54, 1.807) is 19.3 Å². The van der Waals surface area contributed by atoms with Crippen LogP contribution in [0.4, 0.5) is 5.82 Å². The molecule has 0 radical (unpaired) electrons. The summed E-state index contributed by atoms with van der Waals surface area (Å²) >= 11 is 4.53. The van der Waals surface area contributed by atoms with Crippen LogP contribution in [0.3, 0.4) is 0 Å². The van der Waals surface area contributed by atoms with Crippen LogP contribution < -0.4 is 5.32 Å². The maximum atomic E-state index is 11.6. The van der Waals surface area contributed by atoms with Gasteiger partial charge >= 0.3 is 0 Å². The van der Waals surface area contributed by atoms with Gasteiger partial charge in [-0.3, -0.25) is 4.79 Å². The summed E-state index contributed by atoms with van der Waals surface area (Å²) < 4.78 is 2.37. The summed E-state index contributed by atoms with van der Waals surface area (Å²) in [5.41, 5.74) is 0. The van der Waals surface area contributed by atoms with Crippen molar-refractivity contribution in [1.82, 2.24) is 25.2 Å². The molecule has 1 amide bonds. The normalized spacial score (nSPS) is 10.3. The van der Waals surface area contributed by atoms with E-state index in [2.05, 4.69) is 41.8 Å². The maximum absolute atomic E-state index is 11.6. The number of anilines is 1. The number of hydrogen-bond acceptors (Lipinski definition) is 6. The summed E-state index contributed by atoms with van der Waals surface area (Å²) in [6, 6.07) is 3.53. The number of aromatic nitrogens is 5. The van der Waals surface area contributed by atoms with Gasteiger partial charge < -0.3 is 5.32 Å². The lowest BCUT2D eigenvalue weighted by atomic mass is 10.4. The van der Waals surface area contributed by atoms with Gasteiger partial charge in [-0.15, -0.1) is 5.10 Å². The molecule has 2 aromatic heterocycles. The highest BCUT2D eigenvalue weighted by Gasteiger charge is 2.08. The molecule has 0 fully saturated rings. The minimum atomic E-state index is -0.155. The van der Waals surface area contributed by atoms with Crippen molar-refractivity contribution in [2.45, 2.75) is 5.16 Å². The van der Waals surface area contributed by atoms with Gasteiger partial charge in [0.05, 0.1) is 5.75 Å². The zero-order valence-corrected chi connectivity index (χ0v) is 11.8. The molecule has 0 spiro atoms. The lowest BCUT2D eigenvalue weighted by Gasteiger charge is -2.03. The number of tetrazole rings is 1. The van der Waals surface area contributed by atoms with Gasteiger partial charge in [0.2, 0.25) is 11.1 Å². The number of halogens is 1. The van der Waals surface area contributed by atoms with Crippen LogP contribution in [-0.4, -0.2) is 36.9 Å². The van der Waals surface area contributed by atoms with E-state index in [1.165, 1.54) is 16.4 Å². The molecule has 18 heavy (non-hydrogen) atoms. The molecule has 0 aliphatic rings. The second-order valence-electron chi connectivity index (χ2n) is 3.28. The summed E-state index contributed by atoms with van der Waals surface area (Å²) in [6.07, 6.45) is 1.62. The van der Waals surface area contributed by atoms with Crippen molar-refractivity contribution in [3.63, 3.8) is 0 Å². The first kappa shape index (κ1) is 13.0. The van der Waals surface area contributed by atoms with Crippen LogP contribution in [-0.2, 0) is 11.8 Å². The second-order valence-corrected chi connectivity index (χ2v) is 5.14. The average molecular weight is 329 g/mol. The summed E-state index contributed by atoms with van der Waals surface area (Å²) in [7, 11) is 1.72. The summed E-state index contributed by atoms with van der Waals surface area (Å²) in [4.78, 5) is 15.7. The molecule has 2 aromatic rings. The zero-order chi connectivity index (χ0) is 13.0. The number of amides is 1. The number of rotatable bonds is 4. The Kier molecular flexibility index (Phi) is 4.26. The number of pyridine rings is 1. The SMILES string of the molecule is Cn1nnnc1SCC(=O)Nc1ccc(Br)cn1. The molecule has 0 atom stereocenters. The van der Waals surface area contributed by atoms with E-state index in [1.807, 2.05) is 6.07 Å². The van der Waals surface area contributed by atoms with Gasteiger partial charge in [0.25, 0.3) is 0 Å². The lowest BCUT2D eigenvalue weighted by molar-refractivity contribution is -0.113. The predicted octanol–water partition coefficient (Wildman–Crippen LogP) is 1.10. The Morgan fingerprint density at radius 2 is 2.39 bits per heavy atom. The monoisotopic (exact) mass is 328 g/mol. The number of aryl methyl sites for hydroxylation is 1. The third kappa shape index (κ3) is 3.50. The third-order valence-electron chi connectivity index (χ3n) is 1.91. The van der Waals surface area contributed by atoms with E-state index in [0.29, 0.717) is 11.0 Å². The van der Waals surface area contributed by atoms with Gasteiger partial charge in [-0.1, -0.05) is 11.8 Å². The molecule has 0 aliphatic heterocycles. The molecule has 0 unspecified atom stereocenters. The second kappa shape index (κ2) is 5.91. The smallest absolute Gasteiger partial charge is 0.236 e. The minimum Gasteiger partial charge on any atom is -0.310 e. The lowest BCUT2D eigenvalue weighted by Crippen LogP contribution is -2.15. The van der Waals surface area contributed by atoms with E-state index in [4.69, 9.17) is 0 Å². The van der Waals surface area contributed by atoms with Gasteiger partial charge in [0.1, 0.15) is 5.82 Å². The van der Waals surface area contributed by atoms with Gasteiger partial charge in [0, 0.05) is 17.7 Å². The largest absolute Gasteiger partial charge is 0.310 e. The first-order chi connectivity index (χ1) is 8.65. The van der Waals surface area contributed by atoms with E-state index in [-0.39, 0.29) is 11.7 Å². The van der Waals surface area contributed by atoms with Gasteiger partial charge in [0.15, 0.2) is 0 Å².